The smallest absolute Gasteiger partial charge is 0.151 e. The molecule has 118 valence electrons. The first-order valence-electron chi connectivity index (χ1n) is 8.29. The van der Waals surface area contributed by atoms with Crippen LogP contribution in [0.1, 0.15) is 51.9 Å². The molecule has 1 saturated heterocycles. The van der Waals surface area contributed by atoms with Gasteiger partial charge in [0.1, 0.15) is 0 Å². The molecule has 1 aliphatic carbocycles. The van der Waals surface area contributed by atoms with E-state index in [1.807, 2.05) is 0 Å². The maximum Gasteiger partial charge on any atom is 0.151 e. The molecule has 0 radical (unpaired) electrons. The van der Waals surface area contributed by atoms with Gasteiger partial charge in [0.15, 0.2) is 9.84 Å². The number of nitrogens with one attached hydrogen (secondary N) is 2. The van der Waals surface area contributed by atoms with Crippen molar-refractivity contribution in [2.75, 3.05) is 24.6 Å². The summed E-state index contributed by atoms with van der Waals surface area (Å²) >= 11 is 0. The molecule has 3 unspecified atom stereocenters. The van der Waals surface area contributed by atoms with Gasteiger partial charge in [-0.3, -0.25) is 0 Å². The lowest BCUT2D eigenvalue weighted by atomic mass is 9.77. The van der Waals surface area contributed by atoms with Gasteiger partial charge in [0, 0.05) is 24.4 Å². The van der Waals surface area contributed by atoms with Crippen LogP contribution >= 0.6 is 0 Å². The van der Waals surface area contributed by atoms with Crippen molar-refractivity contribution in [2.24, 2.45) is 5.92 Å². The van der Waals surface area contributed by atoms with Crippen LogP contribution in [0.25, 0.3) is 0 Å². The molecule has 1 saturated carbocycles. The highest BCUT2D eigenvalue weighted by atomic mass is 32.2. The van der Waals surface area contributed by atoms with E-state index in [0.29, 0.717) is 24.5 Å². The topological polar surface area (TPSA) is 58.2 Å². The molecule has 2 aliphatic rings. The SMILES string of the molecule is CCS(=O)(=O)CCNC1CCCCC1C1CCCCN1. The molecule has 0 aromatic rings. The van der Waals surface area contributed by atoms with E-state index in [9.17, 15) is 8.42 Å². The Balaban J connectivity index is 1.83. The quantitative estimate of drug-likeness (QED) is 0.784. The molecular weight excluding hydrogens is 272 g/mol. The second-order valence-electron chi connectivity index (χ2n) is 6.30. The van der Waals surface area contributed by atoms with Crippen molar-refractivity contribution in [2.45, 2.75) is 64.0 Å². The summed E-state index contributed by atoms with van der Waals surface area (Å²) in [4.78, 5) is 0. The Morgan fingerprint density at radius 1 is 1.10 bits per heavy atom. The number of hydrogen-bond acceptors (Lipinski definition) is 4. The largest absolute Gasteiger partial charge is 0.314 e. The van der Waals surface area contributed by atoms with Gasteiger partial charge in [-0.1, -0.05) is 26.2 Å². The Kier molecular flexibility index (Phi) is 6.30. The fourth-order valence-electron chi connectivity index (χ4n) is 3.68. The molecule has 4 nitrogen and oxygen atoms in total. The van der Waals surface area contributed by atoms with Crippen molar-refractivity contribution in [3.63, 3.8) is 0 Å². The fourth-order valence-corrected chi connectivity index (χ4v) is 4.40. The van der Waals surface area contributed by atoms with Gasteiger partial charge in [0.05, 0.1) is 5.75 Å². The molecule has 0 amide bonds. The van der Waals surface area contributed by atoms with Crippen LogP contribution in [0.4, 0.5) is 0 Å². The normalized spacial score (nSPS) is 32.1. The zero-order valence-electron chi connectivity index (χ0n) is 12.7. The van der Waals surface area contributed by atoms with Crippen molar-refractivity contribution >= 4 is 9.84 Å². The lowest BCUT2D eigenvalue weighted by Crippen LogP contribution is -2.51. The van der Waals surface area contributed by atoms with Crippen LogP contribution in [0, 0.1) is 5.92 Å². The van der Waals surface area contributed by atoms with Gasteiger partial charge in [-0.15, -0.1) is 0 Å². The first-order chi connectivity index (χ1) is 9.62. The average molecular weight is 302 g/mol. The summed E-state index contributed by atoms with van der Waals surface area (Å²) in [7, 11) is -2.84. The lowest BCUT2D eigenvalue weighted by molar-refractivity contribution is 0.184. The van der Waals surface area contributed by atoms with Gasteiger partial charge in [0.25, 0.3) is 0 Å². The highest BCUT2D eigenvalue weighted by Crippen LogP contribution is 2.30. The second kappa shape index (κ2) is 7.76. The Morgan fingerprint density at radius 3 is 2.55 bits per heavy atom. The molecule has 2 rings (SSSR count). The Bertz CT molecular complexity index is 377. The molecule has 3 atom stereocenters. The molecule has 0 spiro atoms. The van der Waals surface area contributed by atoms with Crippen LogP contribution in [0.5, 0.6) is 0 Å². The molecule has 5 heteroatoms. The fraction of sp³-hybridized carbons (Fsp3) is 1.00. The number of rotatable bonds is 6. The zero-order chi connectivity index (χ0) is 14.4. The minimum atomic E-state index is -2.84. The second-order valence-corrected chi connectivity index (χ2v) is 8.77. The van der Waals surface area contributed by atoms with Crippen molar-refractivity contribution < 1.29 is 8.42 Å². The van der Waals surface area contributed by atoms with E-state index < -0.39 is 9.84 Å². The van der Waals surface area contributed by atoms with Gasteiger partial charge in [-0.25, -0.2) is 8.42 Å². The third-order valence-electron chi connectivity index (χ3n) is 4.94. The van der Waals surface area contributed by atoms with Gasteiger partial charge in [-0.05, 0) is 38.1 Å². The molecule has 20 heavy (non-hydrogen) atoms. The summed E-state index contributed by atoms with van der Waals surface area (Å²) < 4.78 is 23.1. The molecular formula is C15H30N2O2S. The summed E-state index contributed by atoms with van der Waals surface area (Å²) in [5.41, 5.74) is 0. The van der Waals surface area contributed by atoms with E-state index in [1.54, 1.807) is 6.92 Å². The van der Waals surface area contributed by atoms with Crippen LogP contribution in [0.3, 0.4) is 0 Å². The highest BCUT2D eigenvalue weighted by molar-refractivity contribution is 7.91. The third-order valence-corrected chi connectivity index (χ3v) is 6.65. The number of sulfone groups is 1. The van der Waals surface area contributed by atoms with Crippen LogP contribution < -0.4 is 10.6 Å². The summed E-state index contributed by atoms with van der Waals surface area (Å²) in [6, 6.07) is 1.15. The average Bonchev–Trinajstić information content (AvgIpc) is 2.48. The Labute approximate surface area is 124 Å². The van der Waals surface area contributed by atoms with Gasteiger partial charge < -0.3 is 10.6 Å². The summed E-state index contributed by atoms with van der Waals surface area (Å²) in [5, 5.41) is 7.22. The van der Waals surface area contributed by atoms with Crippen LogP contribution in [0.2, 0.25) is 0 Å². The van der Waals surface area contributed by atoms with Gasteiger partial charge in [-0.2, -0.15) is 0 Å². The van der Waals surface area contributed by atoms with Crippen LogP contribution in [-0.2, 0) is 9.84 Å². The lowest BCUT2D eigenvalue weighted by Gasteiger charge is -2.40. The number of hydrogen-bond donors (Lipinski definition) is 2. The molecule has 1 heterocycles. The Hall–Kier alpha value is -0.130. The first kappa shape index (κ1) is 16.2. The van der Waals surface area contributed by atoms with E-state index in [-0.39, 0.29) is 11.5 Å². The monoisotopic (exact) mass is 302 g/mol. The van der Waals surface area contributed by atoms with Gasteiger partial charge in [0.2, 0.25) is 0 Å². The maximum atomic E-state index is 11.6. The molecule has 0 bridgehead atoms. The minimum Gasteiger partial charge on any atom is -0.314 e. The van der Waals surface area contributed by atoms with E-state index in [4.69, 9.17) is 0 Å². The molecule has 0 aromatic heterocycles. The first-order valence-corrected chi connectivity index (χ1v) is 10.1. The molecule has 2 N–H and O–H groups in total. The van der Waals surface area contributed by atoms with E-state index >= 15 is 0 Å². The molecule has 1 aliphatic heterocycles. The third kappa shape index (κ3) is 4.71. The number of piperidine rings is 1. The maximum absolute atomic E-state index is 11.6. The van der Waals surface area contributed by atoms with Gasteiger partial charge >= 0.3 is 0 Å². The van der Waals surface area contributed by atoms with Crippen molar-refractivity contribution in [1.29, 1.82) is 0 Å². The highest BCUT2D eigenvalue weighted by Gasteiger charge is 2.32. The van der Waals surface area contributed by atoms with Crippen molar-refractivity contribution in [3.8, 4) is 0 Å². The molecule has 2 fully saturated rings. The van der Waals surface area contributed by atoms with Crippen molar-refractivity contribution in [1.82, 2.24) is 10.6 Å². The van der Waals surface area contributed by atoms with Crippen LogP contribution in [0.15, 0.2) is 0 Å². The predicted octanol–water partition coefficient (Wildman–Crippen LogP) is 1.71. The predicted molar refractivity (Wildman–Crippen MR) is 83.7 cm³/mol. The van der Waals surface area contributed by atoms with E-state index in [1.165, 1.54) is 44.9 Å². The summed E-state index contributed by atoms with van der Waals surface area (Å²) in [6.45, 7) is 3.49. The van der Waals surface area contributed by atoms with E-state index in [0.717, 1.165) is 6.54 Å². The standard InChI is InChI=1S/C15H30N2O2S/c1-2-20(18,19)12-11-17-15-8-4-3-7-13(15)14-9-5-6-10-16-14/h13-17H,2-12H2,1H3. The van der Waals surface area contributed by atoms with Crippen LogP contribution in [-0.4, -0.2) is 45.1 Å². The summed E-state index contributed by atoms with van der Waals surface area (Å²) in [6.07, 6.45) is 9.03. The Morgan fingerprint density at radius 2 is 1.85 bits per heavy atom. The zero-order valence-corrected chi connectivity index (χ0v) is 13.6. The minimum absolute atomic E-state index is 0.257. The molecule has 0 aromatic carbocycles. The summed E-state index contributed by atoms with van der Waals surface area (Å²) in [5.74, 6) is 1.23. The van der Waals surface area contributed by atoms with E-state index in [2.05, 4.69) is 10.6 Å². The van der Waals surface area contributed by atoms with Crippen molar-refractivity contribution in [3.05, 3.63) is 0 Å².